The molecule has 0 aliphatic rings. The van der Waals surface area contributed by atoms with E-state index in [9.17, 15) is 4.79 Å². The van der Waals surface area contributed by atoms with Gasteiger partial charge >= 0.3 is 0 Å². The maximum atomic E-state index is 10.4. The SMILES string of the molecule is NC(=O)c1ccccc1.[N-]=[N+]=[N-]. The van der Waals surface area contributed by atoms with Gasteiger partial charge in [-0.25, -0.2) is 0 Å². The zero-order valence-electron chi connectivity index (χ0n) is 6.21. The van der Waals surface area contributed by atoms with Gasteiger partial charge in [-0.2, -0.15) is 0 Å². The Labute approximate surface area is 69.2 Å². The highest BCUT2D eigenvalue weighted by atomic mass is 16.1. The molecule has 5 heteroatoms. The Morgan fingerprint density at radius 3 is 1.92 bits per heavy atom. The topological polar surface area (TPSA) is 102 Å². The van der Waals surface area contributed by atoms with E-state index in [0.717, 1.165) is 0 Å². The van der Waals surface area contributed by atoms with Crippen LogP contribution in [-0.2, 0) is 0 Å². The van der Waals surface area contributed by atoms with Crippen molar-refractivity contribution in [1.29, 1.82) is 0 Å². The standard InChI is InChI=1S/C7H7NO.N3/c8-7(9)6-4-2-1-3-5-6;1-3-2/h1-5H,(H2,8,9);/q;-1. The first-order chi connectivity index (χ1) is 5.72. The van der Waals surface area contributed by atoms with Crippen LogP contribution in [0.3, 0.4) is 0 Å². The van der Waals surface area contributed by atoms with Crippen LogP contribution in [0.15, 0.2) is 30.3 Å². The second-order valence-corrected chi connectivity index (χ2v) is 1.82. The second-order valence-electron chi connectivity index (χ2n) is 1.82. The second kappa shape index (κ2) is 5.76. The van der Waals surface area contributed by atoms with Crippen molar-refractivity contribution < 1.29 is 4.79 Å². The van der Waals surface area contributed by atoms with Crippen molar-refractivity contribution in [2.24, 2.45) is 5.73 Å². The number of amides is 1. The molecule has 0 radical (unpaired) electrons. The lowest BCUT2D eigenvalue weighted by Crippen LogP contribution is -2.09. The van der Waals surface area contributed by atoms with E-state index in [1.165, 1.54) is 4.91 Å². The summed E-state index contributed by atoms with van der Waals surface area (Å²) < 4.78 is 0. The van der Waals surface area contributed by atoms with Crippen LogP contribution in [0.25, 0.3) is 16.0 Å². The minimum atomic E-state index is -0.379. The van der Waals surface area contributed by atoms with Gasteiger partial charge in [0.25, 0.3) is 0 Å². The van der Waals surface area contributed by atoms with Gasteiger partial charge in [0.05, 0.1) is 0 Å². The lowest BCUT2D eigenvalue weighted by atomic mass is 10.2. The first-order valence-electron chi connectivity index (χ1n) is 3.05. The van der Waals surface area contributed by atoms with Crippen molar-refractivity contribution in [2.45, 2.75) is 0 Å². The summed E-state index contributed by atoms with van der Waals surface area (Å²) in [5.41, 5.74) is 19.0. The summed E-state index contributed by atoms with van der Waals surface area (Å²) in [6.07, 6.45) is 0. The third-order valence-electron chi connectivity index (χ3n) is 1.06. The minimum absolute atomic E-state index is 0.379. The maximum absolute atomic E-state index is 10.4. The Hall–Kier alpha value is -2.00. The largest absolute Gasteiger partial charge is 0.373 e. The van der Waals surface area contributed by atoms with E-state index in [1.807, 2.05) is 6.07 Å². The van der Waals surface area contributed by atoms with E-state index in [4.69, 9.17) is 16.8 Å². The molecule has 1 aromatic carbocycles. The predicted octanol–water partition coefficient (Wildman–Crippen LogP) is 1.65. The zero-order valence-corrected chi connectivity index (χ0v) is 6.21. The van der Waals surface area contributed by atoms with Gasteiger partial charge in [0.2, 0.25) is 5.91 Å². The first kappa shape index (κ1) is 10.0. The van der Waals surface area contributed by atoms with E-state index in [0.29, 0.717) is 5.56 Å². The van der Waals surface area contributed by atoms with Gasteiger partial charge < -0.3 is 16.8 Å². The van der Waals surface area contributed by atoms with E-state index in [1.54, 1.807) is 24.3 Å². The summed E-state index contributed by atoms with van der Waals surface area (Å²) in [5.74, 6) is -0.379. The number of carbonyl (C=O) groups is 1. The molecule has 1 rings (SSSR count). The Morgan fingerprint density at radius 1 is 1.25 bits per heavy atom. The fourth-order valence-electron chi connectivity index (χ4n) is 0.602. The zero-order chi connectivity index (χ0) is 9.40. The van der Waals surface area contributed by atoms with E-state index < -0.39 is 0 Å². The Kier molecular flexibility index (Phi) is 4.80. The summed E-state index contributed by atoms with van der Waals surface area (Å²) in [6, 6.07) is 8.76. The van der Waals surface area contributed by atoms with Crippen LogP contribution >= 0.6 is 0 Å². The molecule has 0 saturated carbocycles. The number of hydrogen-bond donors (Lipinski definition) is 1. The summed E-state index contributed by atoms with van der Waals surface area (Å²) in [4.78, 5) is 11.9. The molecule has 1 amide bonds. The maximum Gasteiger partial charge on any atom is 0.248 e. The molecule has 5 nitrogen and oxygen atoms in total. The molecule has 0 bridgehead atoms. The molecule has 1 aromatic rings. The summed E-state index contributed by atoms with van der Waals surface area (Å²) in [5, 5.41) is 0. The van der Waals surface area contributed by atoms with Crippen molar-refractivity contribution in [1.82, 2.24) is 0 Å². The van der Waals surface area contributed by atoms with Crippen molar-refractivity contribution in [2.75, 3.05) is 0 Å². The van der Waals surface area contributed by atoms with Crippen LogP contribution in [0.2, 0.25) is 0 Å². The van der Waals surface area contributed by atoms with Gasteiger partial charge in [-0.05, 0) is 12.1 Å². The lowest BCUT2D eigenvalue weighted by Gasteiger charge is -1.89. The molecule has 0 aliphatic heterocycles. The number of benzene rings is 1. The Morgan fingerprint density at radius 2 is 1.67 bits per heavy atom. The fraction of sp³-hybridized carbons (Fsp3) is 0. The number of primary amides is 1. The number of hydrogen-bond acceptors (Lipinski definition) is 1. The van der Waals surface area contributed by atoms with Crippen molar-refractivity contribution in [3.8, 4) is 0 Å². The molecule has 0 fully saturated rings. The van der Waals surface area contributed by atoms with Gasteiger partial charge in [-0.3, -0.25) is 9.71 Å². The van der Waals surface area contributed by atoms with Crippen LogP contribution in [0.5, 0.6) is 0 Å². The summed E-state index contributed by atoms with van der Waals surface area (Å²) >= 11 is 0. The van der Waals surface area contributed by atoms with Crippen LogP contribution < -0.4 is 5.73 Å². The molecule has 12 heavy (non-hydrogen) atoms. The van der Waals surface area contributed by atoms with Crippen molar-refractivity contribution in [3.63, 3.8) is 0 Å². The molecule has 0 saturated heterocycles. The van der Waals surface area contributed by atoms with Gasteiger partial charge in [-0.15, -0.1) is 0 Å². The fourth-order valence-corrected chi connectivity index (χ4v) is 0.602. The highest BCUT2D eigenvalue weighted by Gasteiger charge is 1.93. The molecule has 0 aromatic heterocycles. The average molecular weight is 163 g/mol. The molecule has 0 spiro atoms. The van der Waals surface area contributed by atoms with Gasteiger partial charge in [0.15, 0.2) is 0 Å². The number of nitrogens with zero attached hydrogens (tertiary/aromatic N) is 3. The van der Waals surface area contributed by atoms with Crippen molar-refractivity contribution >= 4 is 5.91 Å². The molecule has 62 valence electrons. The average Bonchev–Trinajstić information content (AvgIpc) is 2.07. The molecular formula is C7H7N4O-. The van der Waals surface area contributed by atoms with Crippen LogP contribution in [0, 0.1) is 0 Å². The van der Waals surface area contributed by atoms with Gasteiger partial charge in [0.1, 0.15) is 0 Å². The number of carbonyl (C=O) groups excluding carboxylic acids is 1. The third-order valence-corrected chi connectivity index (χ3v) is 1.06. The van der Waals surface area contributed by atoms with Crippen LogP contribution in [0.1, 0.15) is 10.4 Å². The Bertz CT molecular complexity index is 277. The summed E-state index contributed by atoms with van der Waals surface area (Å²) in [7, 11) is 0. The summed E-state index contributed by atoms with van der Waals surface area (Å²) in [6.45, 7) is 0. The molecule has 0 atom stereocenters. The molecule has 0 heterocycles. The van der Waals surface area contributed by atoms with E-state index in [-0.39, 0.29) is 5.91 Å². The smallest absolute Gasteiger partial charge is 0.248 e. The molecular weight excluding hydrogens is 156 g/mol. The highest BCUT2D eigenvalue weighted by molar-refractivity contribution is 5.92. The molecule has 0 aliphatic carbocycles. The normalized spacial score (nSPS) is 7.33. The van der Waals surface area contributed by atoms with E-state index >= 15 is 0 Å². The third kappa shape index (κ3) is 3.92. The monoisotopic (exact) mass is 163 g/mol. The first-order valence-corrected chi connectivity index (χ1v) is 3.05. The Balaban J connectivity index is 0.000000354. The van der Waals surface area contributed by atoms with Crippen LogP contribution in [-0.4, -0.2) is 5.91 Å². The molecule has 2 N–H and O–H groups in total. The number of nitrogens with two attached hydrogens (primary N) is 1. The minimum Gasteiger partial charge on any atom is -0.373 e. The highest BCUT2D eigenvalue weighted by Crippen LogP contribution is 1.94. The lowest BCUT2D eigenvalue weighted by molar-refractivity contribution is 0.100. The molecule has 0 unspecified atom stereocenters. The number of rotatable bonds is 1. The van der Waals surface area contributed by atoms with Gasteiger partial charge in [-0.1, -0.05) is 18.2 Å². The predicted molar refractivity (Wildman–Crippen MR) is 45.0 cm³/mol. The van der Waals surface area contributed by atoms with Gasteiger partial charge in [0, 0.05) is 5.56 Å². The van der Waals surface area contributed by atoms with E-state index in [2.05, 4.69) is 0 Å². The van der Waals surface area contributed by atoms with Crippen LogP contribution in [0.4, 0.5) is 0 Å². The quantitative estimate of drug-likeness (QED) is 0.379. The van der Waals surface area contributed by atoms with Crippen molar-refractivity contribution in [3.05, 3.63) is 51.9 Å².